The average Bonchev–Trinajstić information content (AvgIpc) is 2.65. The van der Waals surface area contributed by atoms with Crippen LogP contribution in [0.25, 0.3) is 0 Å². The largest absolute Gasteiger partial charge is 0.379 e. The summed E-state index contributed by atoms with van der Waals surface area (Å²) >= 11 is 0. The van der Waals surface area contributed by atoms with Gasteiger partial charge < -0.3 is 15.0 Å². The molecule has 0 spiro atoms. The van der Waals surface area contributed by atoms with E-state index in [2.05, 4.69) is 51.3 Å². The van der Waals surface area contributed by atoms with E-state index in [0.717, 1.165) is 64.4 Å². The minimum atomic E-state index is 0. The van der Waals surface area contributed by atoms with Gasteiger partial charge in [-0.25, -0.2) is 0 Å². The zero-order valence-electron chi connectivity index (χ0n) is 16.1. The van der Waals surface area contributed by atoms with Crippen LogP contribution in [0.2, 0.25) is 0 Å². The van der Waals surface area contributed by atoms with Crippen LogP contribution in [0.1, 0.15) is 30.9 Å². The molecule has 0 saturated carbocycles. The highest BCUT2D eigenvalue weighted by Gasteiger charge is 2.19. The summed E-state index contributed by atoms with van der Waals surface area (Å²) in [5.74, 6) is 1.87. The number of aliphatic imine (C=N–C) groups is 1. The average molecular weight is 472 g/mol. The lowest BCUT2D eigenvalue weighted by Crippen LogP contribution is -2.45. The molecule has 6 heteroatoms. The first-order valence-electron chi connectivity index (χ1n) is 9.58. The molecule has 0 atom stereocenters. The first kappa shape index (κ1) is 21.4. The predicted molar refractivity (Wildman–Crippen MR) is 118 cm³/mol. The lowest BCUT2D eigenvalue weighted by atomic mass is 9.99. The van der Waals surface area contributed by atoms with Crippen molar-refractivity contribution in [1.29, 1.82) is 0 Å². The van der Waals surface area contributed by atoms with Crippen LogP contribution in [0.5, 0.6) is 0 Å². The summed E-state index contributed by atoms with van der Waals surface area (Å²) in [6.45, 7) is 10.1. The molecular weight excluding hydrogens is 439 g/mol. The fourth-order valence-electron chi connectivity index (χ4n) is 3.61. The number of benzene rings is 1. The van der Waals surface area contributed by atoms with Gasteiger partial charge in [0.25, 0.3) is 0 Å². The third-order valence-corrected chi connectivity index (χ3v) is 5.35. The molecule has 3 rings (SSSR count). The fraction of sp³-hybridized carbons (Fsp3) is 0.650. The second-order valence-corrected chi connectivity index (χ2v) is 7.23. The standard InChI is InChI=1S/C20H32N4O.HI/c1-17-7-9-24(10-8-17)20(21-2)22-15-18-5-3-4-6-19(18)16-23-11-13-25-14-12-23;/h3-6,17H,7-16H2,1-2H3,(H,21,22);1H. The van der Waals surface area contributed by atoms with Crippen molar-refractivity contribution in [3.05, 3.63) is 35.4 Å². The Morgan fingerprint density at radius 1 is 1.12 bits per heavy atom. The number of guanidine groups is 1. The lowest BCUT2D eigenvalue weighted by molar-refractivity contribution is 0.0341. The highest BCUT2D eigenvalue weighted by atomic mass is 127. The van der Waals surface area contributed by atoms with E-state index in [1.807, 2.05) is 7.05 Å². The summed E-state index contributed by atoms with van der Waals surface area (Å²) in [5.41, 5.74) is 2.76. The minimum absolute atomic E-state index is 0. The molecule has 1 N–H and O–H groups in total. The number of halogens is 1. The Hall–Kier alpha value is -0.860. The number of hydrogen-bond donors (Lipinski definition) is 1. The molecule has 1 aromatic rings. The second kappa shape index (κ2) is 11.1. The lowest BCUT2D eigenvalue weighted by Gasteiger charge is -2.33. The van der Waals surface area contributed by atoms with E-state index >= 15 is 0 Å². The van der Waals surface area contributed by atoms with E-state index in [0.29, 0.717) is 0 Å². The maximum Gasteiger partial charge on any atom is 0.193 e. The molecule has 2 fully saturated rings. The third-order valence-electron chi connectivity index (χ3n) is 5.35. The molecule has 0 aliphatic carbocycles. The first-order chi connectivity index (χ1) is 12.3. The summed E-state index contributed by atoms with van der Waals surface area (Å²) in [4.78, 5) is 9.37. The van der Waals surface area contributed by atoms with E-state index in [9.17, 15) is 0 Å². The van der Waals surface area contributed by atoms with Crippen molar-refractivity contribution >= 4 is 29.9 Å². The molecule has 146 valence electrons. The number of piperidine rings is 1. The maximum atomic E-state index is 5.46. The molecule has 2 saturated heterocycles. The van der Waals surface area contributed by atoms with Crippen molar-refractivity contribution in [1.82, 2.24) is 15.1 Å². The molecular formula is C20H33IN4O. The summed E-state index contributed by atoms with van der Waals surface area (Å²) in [5, 5.41) is 3.58. The molecule has 5 nitrogen and oxygen atoms in total. The van der Waals surface area contributed by atoms with Gasteiger partial charge >= 0.3 is 0 Å². The smallest absolute Gasteiger partial charge is 0.193 e. The molecule has 0 unspecified atom stereocenters. The summed E-state index contributed by atoms with van der Waals surface area (Å²) in [6, 6.07) is 8.75. The van der Waals surface area contributed by atoms with Crippen LogP contribution in [-0.4, -0.2) is 62.2 Å². The number of nitrogens with one attached hydrogen (secondary N) is 1. The number of nitrogens with zero attached hydrogens (tertiary/aromatic N) is 3. The number of likely N-dealkylation sites (tertiary alicyclic amines) is 1. The van der Waals surface area contributed by atoms with Crippen LogP contribution in [0, 0.1) is 5.92 Å². The second-order valence-electron chi connectivity index (χ2n) is 7.23. The van der Waals surface area contributed by atoms with Crippen LogP contribution in [0.4, 0.5) is 0 Å². The Labute approximate surface area is 175 Å². The van der Waals surface area contributed by atoms with Crippen molar-refractivity contribution in [2.24, 2.45) is 10.9 Å². The van der Waals surface area contributed by atoms with E-state index in [4.69, 9.17) is 4.74 Å². The third kappa shape index (κ3) is 6.09. The normalized spacial score (nSPS) is 19.9. The monoisotopic (exact) mass is 472 g/mol. The maximum absolute atomic E-state index is 5.46. The van der Waals surface area contributed by atoms with Crippen LogP contribution in [0.15, 0.2) is 29.3 Å². The molecule has 2 aliphatic heterocycles. The van der Waals surface area contributed by atoms with Gasteiger partial charge in [0.2, 0.25) is 0 Å². The number of rotatable bonds is 4. The number of hydrogen-bond acceptors (Lipinski definition) is 3. The van der Waals surface area contributed by atoms with Crippen LogP contribution < -0.4 is 5.32 Å². The number of morpholine rings is 1. The van der Waals surface area contributed by atoms with Gasteiger partial charge in [0, 0.05) is 46.3 Å². The van der Waals surface area contributed by atoms with Gasteiger partial charge in [-0.1, -0.05) is 31.2 Å². The Balaban J connectivity index is 0.00000243. The molecule has 1 aromatic carbocycles. The Kier molecular flexibility index (Phi) is 9.15. The van der Waals surface area contributed by atoms with E-state index < -0.39 is 0 Å². The van der Waals surface area contributed by atoms with Crippen LogP contribution >= 0.6 is 24.0 Å². The topological polar surface area (TPSA) is 40.1 Å². The molecule has 2 heterocycles. The van der Waals surface area contributed by atoms with Crippen LogP contribution in [0.3, 0.4) is 0 Å². The predicted octanol–water partition coefficient (Wildman–Crippen LogP) is 2.94. The molecule has 0 radical (unpaired) electrons. The Bertz CT molecular complexity index is 567. The van der Waals surface area contributed by atoms with Crippen LogP contribution in [-0.2, 0) is 17.8 Å². The molecule has 2 aliphatic rings. The highest BCUT2D eigenvalue weighted by Crippen LogP contribution is 2.17. The van der Waals surface area contributed by atoms with Crippen molar-refractivity contribution < 1.29 is 4.74 Å². The minimum Gasteiger partial charge on any atom is -0.379 e. The van der Waals surface area contributed by atoms with E-state index in [-0.39, 0.29) is 24.0 Å². The van der Waals surface area contributed by atoms with Gasteiger partial charge in [-0.3, -0.25) is 9.89 Å². The van der Waals surface area contributed by atoms with Crippen molar-refractivity contribution in [2.45, 2.75) is 32.9 Å². The Morgan fingerprint density at radius 3 is 2.42 bits per heavy atom. The van der Waals surface area contributed by atoms with Crippen molar-refractivity contribution in [2.75, 3.05) is 46.4 Å². The SMILES string of the molecule is CN=C(NCc1ccccc1CN1CCOCC1)N1CCC(C)CC1.I. The van der Waals surface area contributed by atoms with E-state index in [1.165, 1.54) is 24.0 Å². The van der Waals surface area contributed by atoms with Gasteiger partial charge in [-0.2, -0.15) is 0 Å². The first-order valence-corrected chi connectivity index (χ1v) is 9.58. The van der Waals surface area contributed by atoms with Crippen molar-refractivity contribution in [3.8, 4) is 0 Å². The fourth-order valence-corrected chi connectivity index (χ4v) is 3.61. The highest BCUT2D eigenvalue weighted by molar-refractivity contribution is 14.0. The molecule has 0 bridgehead atoms. The van der Waals surface area contributed by atoms with Crippen molar-refractivity contribution in [3.63, 3.8) is 0 Å². The number of ether oxygens (including phenoxy) is 1. The van der Waals surface area contributed by atoms with Gasteiger partial charge in [-0.05, 0) is 29.9 Å². The molecule has 26 heavy (non-hydrogen) atoms. The summed E-state index contributed by atoms with van der Waals surface area (Å²) in [7, 11) is 1.89. The summed E-state index contributed by atoms with van der Waals surface area (Å²) < 4.78 is 5.46. The van der Waals surface area contributed by atoms with E-state index in [1.54, 1.807) is 0 Å². The zero-order valence-corrected chi connectivity index (χ0v) is 18.4. The van der Waals surface area contributed by atoms with Gasteiger partial charge in [0.1, 0.15) is 0 Å². The molecule has 0 aromatic heterocycles. The quantitative estimate of drug-likeness (QED) is 0.416. The summed E-state index contributed by atoms with van der Waals surface area (Å²) in [6.07, 6.45) is 2.52. The van der Waals surface area contributed by atoms with Gasteiger partial charge in [-0.15, -0.1) is 24.0 Å². The van der Waals surface area contributed by atoms with Gasteiger partial charge in [0.05, 0.1) is 13.2 Å². The molecule has 0 amide bonds. The van der Waals surface area contributed by atoms with Gasteiger partial charge in [0.15, 0.2) is 5.96 Å². The Morgan fingerprint density at radius 2 is 1.77 bits per heavy atom. The zero-order chi connectivity index (χ0) is 17.5.